The van der Waals surface area contributed by atoms with Gasteiger partial charge in [0, 0.05) is 24.4 Å². The van der Waals surface area contributed by atoms with Crippen LogP contribution in [0.15, 0.2) is 67.5 Å². The zero-order valence-corrected chi connectivity index (χ0v) is 17.7. The molecule has 0 fully saturated rings. The molecule has 1 aliphatic rings. The number of pyridine rings is 2. The molecule has 4 rings (SSSR count). The highest BCUT2D eigenvalue weighted by Gasteiger charge is 2.31. The maximum Gasteiger partial charge on any atom is 0.185 e. The van der Waals surface area contributed by atoms with Crippen molar-refractivity contribution < 1.29 is 32.9 Å². The van der Waals surface area contributed by atoms with E-state index in [1.165, 1.54) is 24.5 Å². The van der Waals surface area contributed by atoms with Gasteiger partial charge in [-0.15, -0.1) is 0 Å². The number of Topliss-reactive ketones (excluding diaryl/α,β-unsaturated/α-hetero) is 1. The number of carbonyl (C=O) groups is 1. The average molecular weight is 468 g/mol. The fourth-order valence-electron chi connectivity index (χ4n) is 3.61. The Morgan fingerprint density at radius 3 is 2.53 bits per heavy atom. The van der Waals surface area contributed by atoms with E-state index >= 15 is 0 Å². The van der Waals surface area contributed by atoms with Crippen molar-refractivity contribution in [3.8, 4) is 11.3 Å². The Kier molecular flexibility index (Phi) is 6.58. The van der Waals surface area contributed by atoms with Crippen LogP contribution in [0.3, 0.4) is 0 Å². The SMILES string of the molecule is C=C[C@H]1OC(c2ccncc2CC(=O)c2ccc(F)c(-c3c(F)cccc3F)n2)=C[C@@H](O)[C@@H]1O. The van der Waals surface area contributed by atoms with Gasteiger partial charge in [0.25, 0.3) is 0 Å². The lowest BCUT2D eigenvalue weighted by molar-refractivity contribution is -0.0339. The molecule has 0 aliphatic carbocycles. The lowest BCUT2D eigenvalue weighted by Crippen LogP contribution is -2.40. The number of benzene rings is 1. The number of carbonyl (C=O) groups excluding carboxylic acids is 1. The van der Waals surface area contributed by atoms with Crippen LogP contribution in [-0.4, -0.2) is 44.3 Å². The molecule has 0 radical (unpaired) electrons. The van der Waals surface area contributed by atoms with Crippen molar-refractivity contribution in [1.82, 2.24) is 9.97 Å². The van der Waals surface area contributed by atoms with Gasteiger partial charge in [-0.25, -0.2) is 18.2 Å². The fourth-order valence-corrected chi connectivity index (χ4v) is 3.61. The van der Waals surface area contributed by atoms with Gasteiger partial charge >= 0.3 is 0 Å². The maximum absolute atomic E-state index is 14.4. The first-order chi connectivity index (χ1) is 16.3. The number of ether oxygens (including phenoxy) is 1. The highest BCUT2D eigenvalue weighted by Crippen LogP contribution is 2.30. The van der Waals surface area contributed by atoms with Crippen LogP contribution in [0.4, 0.5) is 13.2 Å². The number of nitrogens with zero attached hydrogens (tertiary/aromatic N) is 2. The summed E-state index contributed by atoms with van der Waals surface area (Å²) in [6, 6.07) is 6.69. The number of aliphatic hydroxyl groups is 2. The van der Waals surface area contributed by atoms with Crippen LogP contribution >= 0.6 is 0 Å². The molecule has 0 saturated carbocycles. The van der Waals surface area contributed by atoms with E-state index < -0.39 is 52.8 Å². The van der Waals surface area contributed by atoms with Crippen molar-refractivity contribution in [2.24, 2.45) is 0 Å². The quantitative estimate of drug-likeness (QED) is 0.424. The van der Waals surface area contributed by atoms with Gasteiger partial charge in [-0.1, -0.05) is 12.6 Å². The molecule has 2 aromatic heterocycles. The Morgan fingerprint density at radius 1 is 1.09 bits per heavy atom. The van der Waals surface area contributed by atoms with Crippen LogP contribution in [0.5, 0.6) is 0 Å². The molecule has 3 atom stereocenters. The normalized spacial score (nSPS) is 19.8. The summed E-state index contributed by atoms with van der Waals surface area (Å²) < 4.78 is 48.4. The highest BCUT2D eigenvalue weighted by atomic mass is 19.1. The van der Waals surface area contributed by atoms with E-state index in [2.05, 4.69) is 16.5 Å². The van der Waals surface area contributed by atoms with Crippen LogP contribution < -0.4 is 0 Å². The zero-order valence-electron chi connectivity index (χ0n) is 17.7. The Balaban J connectivity index is 1.67. The summed E-state index contributed by atoms with van der Waals surface area (Å²) in [6.45, 7) is 3.58. The lowest BCUT2D eigenvalue weighted by Gasteiger charge is -2.30. The minimum Gasteiger partial charge on any atom is -0.483 e. The van der Waals surface area contributed by atoms with E-state index in [0.717, 1.165) is 30.3 Å². The number of rotatable bonds is 6. The van der Waals surface area contributed by atoms with E-state index in [1.807, 2.05) is 0 Å². The minimum atomic E-state index is -1.22. The minimum absolute atomic E-state index is 0.202. The lowest BCUT2D eigenvalue weighted by atomic mass is 9.97. The van der Waals surface area contributed by atoms with Crippen molar-refractivity contribution >= 4 is 11.5 Å². The Bertz CT molecular complexity index is 1270. The molecule has 0 unspecified atom stereocenters. The van der Waals surface area contributed by atoms with Crippen LogP contribution in [0.25, 0.3) is 17.0 Å². The summed E-state index contributed by atoms with van der Waals surface area (Å²) in [6.07, 6.45) is 1.99. The number of hydrogen-bond donors (Lipinski definition) is 2. The summed E-state index contributed by atoms with van der Waals surface area (Å²) in [5.74, 6) is -3.35. The smallest absolute Gasteiger partial charge is 0.185 e. The maximum atomic E-state index is 14.4. The molecule has 3 heterocycles. The number of hydrogen-bond acceptors (Lipinski definition) is 6. The Morgan fingerprint density at radius 2 is 1.82 bits per heavy atom. The van der Waals surface area contributed by atoms with E-state index in [1.54, 1.807) is 6.07 Å². The summed E-state index contributed by atoms with van der Waals surface area (Å²) in [5.41, 5.74) is -0.650. The van der Waals surface area contributed by atoms with Crippen LogP contribution in [0.1, 0.15) is 21.6 Å². The third-order valence-corrected chi connectivity index (χ3v) is 5.36. The average Bonchev–Trinajstić information content (AvgIpc) is 2.82. The van der Waals surface area contributed by atoms with E-state index in [4.69, 9.17) is 4.74 Å². The summed E-state index contributed by atoms with van der Waals surface area (Å²) >= 11 is 0. The molecule has 3 aromatic rings. The van der Waals surface area contributed by atoms with Crippen LogP contribution in [0, 0.1) is 17.5 Å². The van der Waals surface area contributed by atoms with Crippen molar-refractivity contribution in [1.29, 1.82) is 0 Å². The largest absolute Gasteiger partial charge is 0.483 e. The van der Waals surface area contributed by atoms with Gasteiger partial charge in [0.1, 0.15) is 52.9 Å². The zero-order chi connectivity index (χ0) is 24.4. The Labute approximate surface area is 192 Å². The van der Waals surface area contributed by atoms with Crippen molar-refractivity contribution in [3.05, 3.63) is 102 Å². The van der Waals surface area contributed by atoms with Gasteiger partial charge in [0.05, 0.1) is 5.56 Å². The van der Waals surface area contributed by atoms with Crippen molar-refractivity contribution in [2.75, 3.05) is 0 Å². The predicted molar refractivity (Wildman–Crippen MR) is 117 cm³/mol. The molecule has 0 bridgehead atoms. The Hall–Kier alpha value is -3.82. The number of halogens is 3. The van der Waals surface area contributed by atoms with Crippen LogP contribution in [-0.2, 0) is 11.2 Å². The first-order valence-corrected chi connectivity index (χ1v) is 10.2. The second-order valence-corrected chi connectivity index (χ2v) is 7.59. The van der Waals surface area contributed by atoms with Crippen molar-refractivity contribution in [3.63, 3.8) is 0 Å². The first kappa shape index (κ1) is 23.3. The molecule has 0 amide bonds. The van der Waals surface area contributed by atoms with Gasteiger partial charge in [-0.2, -0.15) is 0 Å². The van der Waals surface area contributed by atoms with Gasteiger partial charge in [0.15, 0.2) is 5.78 Å². The molecule has 1 aliphatic heterocycles. The molecule has 0 saturated heterocycles. The molecule has 9 heteroatoms. The summed E-state index contributed by atoms with van der Waals surface area (Å²) in [7, 11) is 0. The van der Waals surface area contributed by atoms with Gasteiger partial charge in [-0.3, -0.25) is 9.78 Å². The molecule has 34 heavy (non-hydrogen) atoms. The molecule has 0 spiro atoms. The summed E-state index contributed by atoms with van der Waals surface area (Å²) in [5, 5.41) is 20.1. The topological polar surface area (TPSA) is 92.5 Å². The second kappa shape index (κ2) is 9.58. The third kappa shape index (κ3) is 4.48. The number of aromatic nitrogens is 2. The molecule has 2 N–H and O–H groups in total. The van der Waals surface area contributed by atoms with E-state index in [0.29, 0.717) is 11.1 Å². The van der Waals surface area contributed by atoms with Gasteiger partial charge in [0.2, 0.25) is 0 Å². The predicted octanol–water partition coefficient (Wildman–Crippen LogP) is 3.63. The summed E-state index contributed by atoms with van der Waals surface area (Å²) in [4.78, 5) is 20.9. The molecular formula is C25H19F3N2O4. The fraction of sp³-hybridized carbons (Fsp3) is 0.160. The van der Waals surface area contributed by atoms with Crippen LogP contribution in [0.2, 0.25) is 0 Å². The molecule has 1 aromatic carbocycles. The third-order valence-electron chi connectivity index (χ3n) is 5.36. The van der Waals surface area contributed by atoms with Gasteiger partial charge < -0.3 is 14.9 Å². The monoisotopic (exact) mass is 468 g/mol. The molecule has 6 nitrogen and oxygen atoms in total. The number of ketones is 1. The molecular weight excluding hydrogens is 449 g/mol. The molecule has 174 valence electrons. The van der Waals surface area contributed by atoms with Crippen molar-refractivity contribution in [2.45, 2.75) is 24.7 Å². The van der Waals surface area contributed by atoms with Gasteiger partial charge in [-0.05, 0) is 48.0 Å². The first-order valence-electron chi connectivity index (χ1n) is 10.2. The standard InChI is InChI=1S/C25H19F3N2O4/c1-2-21-25(33)20(32)11-22(34-21)14-8-9-29-12-13(14)10-19(31)18-7-6-17(28)24(30-18)23-15(26)4-3-5-16(23)27/h2-9,11-12,20-21,25,32-33H,1,10H2/t20-,21-,25+/m1/s1. The number of aliphatic hydroxyl groups excluding tert-OH is 2. The highest BCUT2D eigenvalue weighted by molar-refractivity contribution is 5.96. The second-order valence-electron chi connectivity index (χ2n) is 7.59. The van der Waals surface area contributed by atoms with E-state index in [9.17, 15) is 28.2 Å². The van der Waals surface area contributed by atoms with E-state index in [-0.39, 0.29) is 17.9 Å².